The molecular weight excluding hydrogens is 405 g/mol. The van der Waals surface area contributed by atoms with E-state index in [1.165, 1.54) is 12.1 Å². The van der Waals surface area contributed by atoms with E-state index in [9.17, 15) is 8.42 Å². The van der Waals surface area contributed by atoms with Crippen molar-refractivity contribution >= 4 is 49.2 Å². The molecule has 0 aliphatic carbocycles. The van der Waals surface area contributed by atoms with Gasteiger partial charge in [-0.15, -0.1) is 0 Å². The van der Waals surface area contributed by atoms with Gasteiger partial charge in [0.25, 0.3) is 0 Å². The van der Waals surface area contributed by atoms with Crippen LogP contribution >= 0.6 is 39.1 Å². The van der Waals surface area contributed by atoms with Crippen LogP contribution in [0.2, 0.25) is 10.0 Å². The first-order valence-electron chi connectivity index (χ1n) is 5.73. The lowest BCUT2D eigenvalue weighted by Gasteiger charge is -2.09. The summed E-state index contributed by atoms with van der Waals surface area (Å²) in [6.07, 6.45) is 0.270. The number of nitrogens with one attached hydrogen (secondary N) is 1. The zero-order valence-electron chi connectivity index (χ0n) is 10.7. The molecule has 0 atom stereocenters. The number of halogens is 3. The first-order valence-corrected chi connectivity index (χ1v) is 8.76. The molecule has 1 aromatic carbocycles. The third-order valence-electron chi connectivity index (χ3n) is 2.43. The van der Waals surface area contributed by atoms with Crippen molar-refractivity contribution in [1.82, 2.24) is 14.9 Å². The van der Waals surface area contributed by atoms with Gasteiger partial charge in [-0.25, -0.2) is 13.1 Å². The maximum absolute atomic E-state index is 12.2. The predicted molar refractivity (Wildman–Crippen MR) is 82.1 cm³/mol. The Balaban J connectivity index is 2.12. The second-order valence-corrected chi connectivity index (χ2v) is 7.52. The minimum Gasteiger partial charge on any atom is -0.339 e. The van der Waals surface area contributed by atoms with E-state index >= 15 is 0 Å². The molecule has 0 bridgehead atoms. The number of aromatic nitrogens is 2. The minimum atomic E-state index is -3.83. The third kappa shape index (κ3) is 4.17. The topological polar surface area (TPSA) is 85.1 Å². The number of hydrogen-bond donors (Lipinski definition) is 1. The minimum absolute atomic E-state index is 0.0375. The molecule has 0 unspecified atom stereocenters. The van der Waals surface area contributed by atoms with Crippen LogP contribution in [0.15, 0.2) is 26.0 Å². The highest BCUT2D eigenvalue weighted by Crippen LogP contribution is 2.32. The van der Waals surface area contributed by atoms with Gasteiger partial charge < -0.3 is 4.52 Å². The number of sulfonamides is 1. The summed E-state index contributed by atoms with van der Waals surface area (Å²) in [4.78, 5) is 3.82. The highest BCUT2D eigenvalue weighted by atomic mass is 79.9. The molecule has 0 spiro atoms. The van der Waals surface area contributed by atoms with Crippen LogP contribution in [0.4, 0.5) is 0 Å². The summed E-state index contributed by atoms with van der Waals surface area (Å²) in [5.74, 6) is 0.843. The zero-order valence-corrected chi connectivity index (χ0v) is 14.6. The lowest BCUT2D eigenvalue weighted by molar-refractivity contribution is 0.375. The van der Waals surface area contributed by atoms with Crippen LogP contribution in [-0.4, -0.2) is 25.1 Å². The highest BCUT2D eigenvalue weighted by molar-refractivity contribution is 9.10. The van der Waals surface area contributed by atoms with Crippen molar-refractivity contribution in [2.24, 2.45) is 0 Å². The van der Waals surface area contributed by atoms with E-state index in [1.807, 2.05) is 0 Å². The molecule has 6 nitrogen and oxygen atoms in total. The predicted octanol–water partition coefficient (Wildman–Crippen LogP) is 2.97. The molecule has 2 rings (SSSR count). The van der Waals surface area contributed by atoms with Crippen LogP contribution in [0.5, 0.6) is 0 Å². The van der Waals surface area contributed by atoms with E-state index in [0.717, 1.165) is 0 Å². The summed E-state index contributed by atoms with van der Waals surface area (Å²) < 4.78 is 32.3. The number of aryl methyl sites for hydroxylation is 1. The largest absolute Gasteiger partial charge is 0.339 e. The van der Waals surface area contributed by atoms with Gasteiger partial charge in [-0.2, -0.15) is 4.98 Å². The maximum atomic E-state index is 12.2. The van der Waals surface area contributed by atoms with Gasteiger partial charge in [-0.05, 0) is 19.1 Å². The Bertz CT molecular complexity index is 741. The Morgan fingerprint density at radius 1 is 1.33 bits per heavy atom. The molecule has 1 heterocycles. The Labute approximate surface area is 140 Å². The fourth-order valence-corrected chi connectivity index (χ4v) is 4.56. The Morgan fingerprint density at radius 3 is 2.48 bits per heavy atom. The van der Waals surface area contributed by atoms with E-state index in [1.54, 1.807) is 6.92 Å². The molecule has 0 aliphatic heterocycles. The van der Waals surface area contributed by atoms with Gasteiger partial charge >= 0.3 is 0 Å². The fourth-order valence-electron chi connectivity index (χ4n) is 1.59. The molecular formula is C11H10BrCl2N3O3S. The molecule has 0 aliphatic rings. The zero-order chi connectivity index (χ0) is 15.6. The second kappa shape index (κ2) is 6.62. The molecule has 21 heavy (non-hydrogen) atoms. The summed E-state index contributed by atoms with van der Waals surface area (Å²) in [5, 5.41) is 3.69. The SMILES string of the molecule is Cc1noc(CCNS(=O)(=O)c2c(Cl)cc(Br)cc2Cl)n1. The first-order chi connectivity index (χ1) is 9.79. The molecule has 1 N–H and O–H groups in total. The average molecular weight is 415 g/mol. The van der Waals surface area contributed by atoms with Gasteiger partial charge in [0, 0.05) is 17.4 Å². The van der Waals surface area contributed by atoms with Gasteiger partial charge in [-0.3, -0.25) is 0 Å². The van der Waals surface area contributed by atoms with Crippen molar-refractivity contribution in [2.75, 3.05) is 6.54 Å². The van der Waals surface area contributed by atoms with Gasteiger partial charge in [0.05, 0.1) is 10.0 Å². The van der Waals surface area contributed by atoms with E-state index in [2.05, 4.69) is 30.8 Å². The van der Waals surface area contributed by atoms with Crippen molar-refractivity contribution in [1.29, 1.82) is 0 Å². The summed E-state index contributed by atoms with van der Waals surface area (Å²) in [5.41, 5.74) is 0. The second-order valence-electron chi connectivity index (χ2n) is 4.08. The molecule has 0 radical (unpaired) electrons. The normalized spacial score (nSPS) is 11.8. The quantitative estimate of drug-likeness (QED) is 0.812. The lowest BCUT2D eigenvalue weighted by atomic mass is 10.4. The van der Waals surface area contributed by atoms with Gasteiger partial charge in [0.1, 0.15) is 4.90 Å². The molecule has 0 saturated carbocycles. The summed E-state index contributed by atoms with van der Waals surface area (Å²) >= 11 is 15.1. The number of rotatable bonds is 5. The Hall–Kier alpha value is -0.670. The van der Waals surface area contributed by atoms with Crippen molar-refractivity contribution in [3.8, 4) is 0 Å². The van der Waals surface area contributed by atoms with Crippen molar-refractivity contribution < 1.29 is 12.9 Å². The maximum Gasteiger partial charge on any atom is 0.243 e. The summed E-state index contributed by atoms with van der Waals surface area (Å²) in [6, 6.07) is 2.92. The van der Waals surface area contributed by atoms with Gasteiger partial charge in [-0.1, -0.05) is 44.3 Å². The van der Waals surface area contributed by atoms with E-state index < -0.39 is 10.0 Å². The van der Waals surface area contributed by atoms with E-state index in [4.69, 9.17) is 27.7 Å². The fraction of sp³-hybridized carbons (Fsp3) is 0.273. The molecule has 0 fully saturated rings. The van der Waals surface area contributed by atoms with Crippen LogP contribution < -0.4 is 4.72 Å². The highest BCUT2D eigenvalue weighted by Gasteiger charge is 2.22. The van der Waals surface area contributed by atoms with E-state index in [-0.39, 0.29) is 27.9 Å². The molecule has 2 aromatic rings. The number of benzene rings is 1. The van der Waals surface area contributed by atoms with Crippen molar-refractivity contribution in [3.05, 3.63) is 38.4 Å². The summed E-state index contributed by atoms with van der Waals surface area (Å²) in [7, 11) is -3.83. The van der Waals surface area contributed by atoms with Crippen molar-refractivity contribution in [3.63, 3.8) is 0 Å². The molecule has 1 aromatic heterocycles. The average Bonchev–Trinajstić information content (AvgIpc) is 2.72. The lowest BCUT2D eigenvalue weighted by Crippen LogP contribution is -2.26. The molecule has 0 saturated heterocycles. The van der Waals surface area contributed by atoms with Crippen LogP contribution in [0.1, 0.15) is 11.7 Å². The standard InChI is InChI=1S/C11H10BrCl2N3O3S/c1-6-16-10(20-17-6)2-3-15-21(18,19)11-8(13)4-7(12)5-9(11)14/h4-5,15H,2-3H2,1H3. The van der Waals surface area contributed by atoms with E-state index in [0.29, 0.717) is 16.2 Å². The van der Waals surface area contributed by atoms with Crippen LogP contribution in [-0.2, 0) is 16.4 Å². The van der Waals surface area contributed by atoms with Crippen molar-refractivity contribution in [2.45, 2.75) is 18.2 Å². The van der Waals surface area contributed by atoms with Crippen LogP contribution in [0.25, 0.3) is 0 Å². The monoisotopic (exact) mass is 413 g/mol. The number of hydrogen-bond acceptors (Lipinski definition) is 5. The smallest absolute Gasteiger partial charge is 0.243 e. The Kier molecular flexibility index (Phi) is 5.26. The Morgan fingerprint density at radius 2 is 1.95 bits per heavy atom. The molecule has 0 amide bonds. The summed E-state index contributed by atoms with van der Waals surface area (Å²) in [6.45, 7) is 1.77. The van der Waals surface area contributed by atoms with Crippen LogP contribution in [0.3, 0.4) is 0 Å². The first kappa shape index (κ1) is 16.7. The van der Waals surface area contributed by atoms with Gasteiger partial charge in [0.15, 0.2) is 5.82 Å². The van der Waals surface area contributed by atoms with Crippen LogP contribution in [0, 0.1) is 6.92 Å². The number of nitrogens with zero attached hydrogens (tertiary/aromatic N) is 2. The molecule has 10 heteroatoms. The third-order valence-corrected chi connectivity index (χ3v) is 5.27. The molecule has 114 valence electrons. The van der Waals surface area contributed by atoms with Gasteiger partial charge in [0.2, 0.25) is 15.9 Å².